The summed E-state index contributed by atoms with van der Waals surface area (Å²) in [6, 6.07) is 0.491. The maximum absolute atomic E-state index is 5.17. The van der Waals surface area contributed by atoms with Crippen LogP contribution in [0, 0.1) is 0 Å². The van der Waals surface area contributed by atoms with E-state index in [-0.39, 0.29) is 0 Å². The molecule has 1 N–H and O–H groups in total. The SMILES string of the molecule is CCCc1nc(NC2CCN(CCC)CC2)no1. The molecule has 0 amide bonds. The van der Waals surface area contributed by atoms with Crippen molar-refractivity contribution in [1.82, 2.24) is 15.0 Å². The highest BCUT2D eigenvalue weighted by molar-refractivity contribution is 5.23. The summed E-state index contributed by atoms with van der Waals surface area (Å²) in [6.07, 6.45) is 5.47. The van der Waals surface area contributed by atoms with Gasteiger partial charge in [-0.15, -0.1) is 0 Å². The predicted molar refractivity (Wildman–Crippen MR) is 71.7 cm³/mol. The van der Waals surface area contributed by atoms with Crippen molar-refractivity contribution in [2.45, 2.75) is 52.0 Å². The summed E-state index contributed by atoms with van der Waals surface area (Å²) < 4.78 is 5.17. The van der Waals surface area contributed by atoms with Gasteiger partial charge >= 0.3 is 0 Å². The molecule has 5 heteroatoms. The van der Waals surface area contributed by atoms with Crippen molar-refractivity contribution in [3.05, 3.63) is 5.89 Å². The smallest absolute Gasteiger partial charge is 0.263 e. The maximum atomic E-state index is 5.17. The third-order valence-electron chi connectivity index (χ3n) is 3.39. The Labute approximate surface area is 109 Å². The number of rotatable bonds is 6. The van der Waals surface area contributed by atoms with Crippen molar-refractivity contribution in [2.75, 3.05) is 25.0 Å². The Bertz CT molecular complexity index is 345. The van der Waals surface area contributed by atoms with E-state index < -0.39 is 0 Å². The number of likely N-dealkylation sites (tertiary alicyclic amines) is 1. The number of aryl methyl sites for hydroxylation is 1. The van der Waals surface area contributed by atoms with Crippen LogP contribution in [-0.4, -0.2) is 40.7 Å². The van der Waals surface area contributed by atoms with Gasteiger partial charge in [-0.25, -0.2) is 0 Å². The molecule has 2 heterocycles. The number of aromatic nitrogens is 2. The molecule has 0 unspecified atom stereocenters. The average molecular weight is 252 g/mol. The molecule has 0 atom stereocenters. The number of nitrogens with one attached hydrogen (secondary N) is 1. The van der Waals surface area contributed by atoms with Gasteiger partial charge in [0.2, 0.25) is 5.89 Å². The van der Waals surface area contributed by atoms with Crippen LogP contribution in [0.25, 0.3) is 0 Å². The molecular weight excluding hydrogens is 228 g/mol. The van der Waals surface area contributed by atoms with Crippen molar-refractivity contribution in [3.8, 4) is 0 Å². The normalized spacial score (nSPS) is 18.1. The summed E-state index contributed by atoms with van der Waals surface area (Å²) in [4.78, 5) is 6.87. The molecule has 0 spiro atoms. The van der Waals surface area contributed by atoms with Crippen LogP contribution in [0.3, 0.4) is 0 Å². The zero-order chi connectivity index (χ0) is 12.8. The van der Waals surface area contributed by atoms with Gasteiger partial charge < -0.3 is 14.7 Å². The van der Waals surface area contributed by atoms with E-state index in [2.05, 4.69) is 34.2 Å². The highest BCUT2D eigenvalue weighted by Crippen LogP contribution is 2.15. The third kappa shape index (κ3) is 3.70. The first-order valence-electron chi connectivity index (χ1n) is 7.13. The topological polar surface area (TPSA) is 54.2 Å². The minimum Gasteiger partial charge on any atom is -0.349 e. The molecule has 18 heavy (non-hydrogen) atoms. The van der Waals surface area contributed by atoms with Crippen molar-refractivity contribution >= 4 is 5.95 Å². The molecular formula is C13H24N4O. The summed E-state index contributed by atoms with van der Waals surface area (Å²) in [5, 5.41) is 7.35. The fraction of sp³-hybridized carbons (Fsp3) is 0.846. The summed E-state index contributed by atoms with van der Waals surface area (Å²) in [6.45, 7) is 7.91. The minimum atomic E-state index is 0.491. The van der Waals surface area contributed by atoms with Gasteiger partial charge in [0, 0.05) is 25.6 Å². The molecule has 1 saturated heterocycles. The van der Waals surface area contributed by atoms with Crippen molar-refractivity contribution in [1.29, 1.82) is 0 Å². The summed E-state index contributed by atoms with van der Waals surface area (Å²) in [7, 11) is 0. The standard InChI is InChI=1S/C13H24N4O/c1-3-5-12-15-13(16-18-12)14-11-6-9-17(8-4-2)10-7-11/h11H,3-10H2,1-2H3,(H,14,16). The second-order valence-electron chi connectivity index (χ2n) is 5.02. The van der Waals surface area contributed by atoms with Crippen molar-refractivity contribution < 1.29 is 4.52 Å². The van der Waals surface area contributed by atoms with Gasteiger partial charge in [-0.3, -0.25) is 0 Å². The fourth-order valence-corrected chi connectivity index (χ4v) is 2.43. The Morgan fingerprint density at radius 3 is 2.72 bits per heavy atom. The first-order chi connectivity index (χ1) is 8.81. The van der Waals surface area contributed by atoms with E-state index in [1.807, 2.05) is 0 Å². The second kappa shape index (κ2) is 6.73. The highest BCUT2D eigenvalue weighted by atomic mass is 16.5. The first-order valence-corrected chi connectivity index (χ1v) is 7.13. The van der Waals surface area contributed by atoms with Gasteiger partial charge in [0.1, 0.15) is 0 Å². The molecule has 0 bridgehead atoms. The molecule has 1 fully saturated rings. The lowest BCUT2D eigenvalue weighted by Gasteiger charge is -2.31. The lowest BCUT2D eigenvalue weighted by atomic mass is 10.1. The van der Waals surface area contributed by atoms with E-state index in [1.165, 1.54) is 26.1 Å². The Morgan fingerprint density at radius 2 is 2.06 bits per heavy atom. The summed E-state index contributed by atoms with van der Waals surface area (Å²) >= 11 is 0. The van der Waals surface area contributed by atoms with Crippen molar-refractivity contribution in [2.24, 2.45) is 0 Å². The zero-order valence-corrected chi connectivity index (χ0v) is 11.5. The molecule has 0 radical (unpaired) electrons. The van der Waals surface area contributed by atoms with Crippen molar-refractivity contribution in [3.63, 3.8) is 0 Å². The van der Waals surface area contributed by atoms with Gasteiger partial charge in [-0.2, -0.15) is 4.98 Å². The van der Waals surface area contributed by atoms with Crippen LogP contribution in [0.5, 0.6) is 0 Å². The van der Waals surface area contributed by atoms with E-state index in [0.29, 0.717) is 12.0 Å². The maximum Gasteiger partial charge on any atom is 0.263 e. The molecule has 0 saturated carbocycles. The number of hydrogen-bond donors (Lipinski definition) is 1. The van der Waals surface area contributed by atoms with Crippen LogP contribution >= 0.6 is 0 Å². The average Bonchev–Trinajstić information content (AvgIpc) is 2.80. The molecule has 5 nitrogen and oxygen atoms in total. The van der Waals surface area contributed by atoms with E-state index in [9.17, 15) is 0 Å². The molecule has 0 aromatic carbocycles. The minimum absolute atomic E-state index is 0.491. The van der Waals surface area contributed by atoms with Crippen LogP contribution in [0.1, 0.15) is 45.4 Å². The monoisotopic (exact) mass is 252 g/mol. The van der Waals surface area contributed by atoms with Crippen LogP contribution in [0.2, 0.25) is 0 Å². The highest BCUT2D eigenvalue weighted by Gasteiger charge is 2.19. The lowest BCUT2D eigenvalue weighted by Crippen LogP contribution is -2.39. The largest absolute Gasteiger partial charge is 0.349 e. The lowest BCUT2D eigenvalue weighted by molar-refractivity contribution is 0.219. The second-order valence-corrected chi connectivity index (χ2v) is 5.02. The van der Waals surface area contributed by atoms with Crippen LogP contribution in [0.4, 0.5) is 5.95 Å². The number of piperidine rings is 1. The van der Waals surface area contributed by atoms with Crippen LogP contribution < -0.4 is 5.32 Å². The third-order valence-corrected chi connectivity index (χ3v) is 3.39. The number of anilines is 1. The van der Waals surface area contributed by atoms with E-state index >= 15 is 0 Å². The fourth-order valence-electron chi connectivity index (χ4n) is 2.43. The van der Waals surface area contributed by atoms with Crippen LogP contribution in [0.15, 0.2) is 4.52 Å². The number of nitrogens with zero attached hydrogens (tertiary/aromatic N) is 3. The molecule has 102 valence electrons. The first kappa shape index (κ1) is 13.3. The van der Waals surface area contributed by atoms with Gasteiger partial charge in [0.05, 0.1) is 0 Å². The molecule has 1 aromatic heterocycles. The van der Waals surface area contributed by atoms with E-state index in [1.54, 1.807) is 0 Å². The molecule has 2 rings (SSSR count). The Balaban J connectivity index is 1.76. The van der Waals surface area contributed by atoms with Gasteiger partial charge in [0.25, 0.3) is 5.95 Å². The van der Waals surface area contributed by atoms with Crippen LogP contribution in [-0.2, 0) is 6.42 Å². The predicted octanol–water partition coefficient (Wildman–Crippen LogP) is 2.31. The Hall–Kier alpha value is -1.10. The zero-order valence-electron chi connectivity index (χ0n) is 11.5. The summed E-state index contributed by atoms with van der Waals surface area (Å²) in [5.74, 6) is 1.40. The van der Waals surface area contributed by atoms with Gasteiger partial charge in [-0.1, -0.05) is 13.8 Å². The molecule has 1 aliphatic rings. The Morgan fingerprint density at radius 1 is 1.28 bits per heavy atom. The quantitative estimate of drug-likeness (QED) is 0.842. The Kier molecular flexibility index (Phi) is 4.99. The van der Waals surface area contributed by atoms with E-state index in [0.717, 1.165) is 31.6 Å². The van der Waals surface area contributed by atoms with Gasteiger partial charge in [0.15, 0.2) is 0 Å². The molecule has 1 aliphatic heterocycles. The summed E-state index contributed by atoms with van der Waals surface area (Å²) in [5.41, 5.74) is 0. The van der Waals surface area contributed by atoms with E-state index in [4.69, 9.17) is 4.52 Å². The molecule has 0 aliphatic carbocycles. The number of hydrogen-bond acceptors (Lipinski definition) is 5. The van der Waals surface area contributed by atoms with Gasteiger partial charge in [-0.05, 0) is 37.4 Å². The molecule has 1 aromatic rings.